The lowest BCUT2D eigenvalue weighted by molar-refractivity contribution is 0.282. The Hall–Kier alpha value is -1.32. The van der Waals surface area contributed by atoms with Crippen LogP contribution < -0.4 is 5.32 Å². The molecule has 0 aliphatic rings. The fourth-order valence-corrected chi connectivity index (χ4v) is 2.40. The zero-order valence-corrected chi connectivity index (χ0v) is 11.0. The van der Waals surface area contributed by atoms with Gasteiger partial charge in [-0.3, -0.25) is 0 Å². The van der Waals surface area contributed by atoms with Crippen molar-refractivity contribution in [3.63, 3.8) is 0 Å². The summed E-state index contributed by atoms with van der Waals surface area (Å²) in [6, 6.07) is 8.68. The van der Waals surface area contributed by atoms with Gasteiger partial charge in [-0.05, 0) is 44.0 Å². The first-order valence-corrected chi connectivity index (χ1v) is 6.69. The van der Waals surface area contributed by atoms with E-state index in [1.165, 1.54) is 16.5 Å². The van der Waals surface area contributed by atoms with Crippen LogP contribution in [0.4, 0.5) is 0 Å². The summed E-state index contributed by atoms with van der Waals surface area (Å²) < 4.78 is 2.31. The van der Waals surface area contributed by atoms with Crippen LogP contribution in [0.3, 0.4) is 0 Å². The summed E-state index contributed by atoms with van der Waals surface area (Å²) in [4.78, 5) is 0. The van der Waals surface area contributed by atoms with Crippen molar-refractivity contribution in [1.82, 2.24) is 9.88 Å². The van der Waals surface area contributed by atoms with Gasteiger partial charge in [-0.2, -0.15) is 0 Å². The lowest BCUT2D eigenvalue weighted by Crippen LogP contribution is -2.05. The Kier molecular flexibility index (Phi) is 4.79. The molecular weight excluding hydrogens is 224 g/mol. The van der Waals surface area contributed by atoms with Gasteiger partial charge in [0.05, 0.1) is 0 Å². The van der Waals surface area contributed by atoms with E-state index in [4.69, 9.17) is 5.11 Å². The first kappa shape index (κ1) is 13.1. The highest BCUT2D eigenvalue weighted by molar-refractivity contribution is 5.83. The molecule has 0 amide bonds. The standard InChI is InChI=1S/C15H22N2O/c1-16-12-13-6-5-7-15-14(13)8-10-17(15)9-3-2-4-11-18/h5-8,10,16,18H,2-4,9,11-12H2,1H3. The van der Waals surface area contributed by atoms with E-state index in [-0.39, 0.29) is 0 Å². The van der Waals surface area contributed by atoms with Crippen molar-refractivity contribution in [2.45, 2.75) is 32.4 Å². The van der Waals surface area contributed by atoms with E-state index >= 15 is 0 Å². The van der Waals surface area contributed by atoms with E-state index in [1.807, 2.05) is 7.05 Å². The van der Waals surface area contributed by atoms with Gasteiger partial charge in [0.1, 0.15) is 0 Å². The number of hydrogen-bond donors (Lipinski definition) is 2. The number of nitrogens with one attached hydrogen (secondary N) is 1. The van der Waals surface area contributed by atoms with Crippen LogP contribution in [0.5, 0.6) is 0 Å². The topological polar surface area (TPSA) is 37.2 Å². The SMILES string of the molecule is CNCc1cccc2c1ccn2CCCCCO. The lowest BCUT2D eigenvalue weighted by Gasteiger charge is -2.07. The molecule has 1 aromatic carbocycles. The van der Waals surface area contributed by atoms with Crippen molar-refractivity contribution in [3.05, 3.63) is 36.0 Å². The smallest absolute Gasteiger partial charge is 0.0483 e. The van der Waals surface area contributed by atoms with E-state index < -0.39 is 0 Å². The Morgan fingerprint density at radius 2 is 2.06 bits per heavy atom. The number of aliphatic hydroxyl groups excluding tert-OH is 1. The monoisotopic (exact) mass is 246 g/mol. The van der Waals surface area contributed by atoms with E-state index in [1.54, 1.807) is 0 Å². The van der Waals surface area contributed by atoms with Gasteiger partial charge in [0.2, 0.25) is 0 Å². The van der Waals surface area contributed by atoms with Gasteiger partial charge >= 0.3 is 0 Å². The number of benzene rings is 1. The molecule has 2 N–H and O–H groups in total. The summed E-state index contributed by atoms with van der Waals surface area (Å²) in [6.07, 6.45) is 5.29. The van der Waals surface area contributed by atoms with Crippen LogP contribution in [0.15, 0.2) is 30.5 Å². The first-order chi connectivity index (χ1) is 8.86. The largest absolute Gasteiger partial charge is 0.396 e. The Morgan fingerprint density at radius 3 is 2.83 bits per heavy atom. The summed E-state index contributed by atoms with van der Waals surface area (Å²) >= 11 is 0. The highest BCUT2D eigenvalue weighted by Gasteiger charge is 2.04. The lowest BCUT2D eigenvalue weighted by atomic mass is 10.1. The molecular formula is C15H22N2O. The molecule has 0 spiro atoms. The number of rotatable bonds is 7. The van der Waals surface area contributed by atoms with Crippen LogP contribution in [0.1, 0.15) is 24.8 Å². The molecule has 0 atom stereocenters. The number of hydrogen-bond acceptors (Lipinski definition) is 2. The predicted octanol–water partition coefficient (Wildman–Crippen LogP) is 2.52. The number of unbranched alkanes of at least 4 members (excludes halogenated alkanes) is 2. The molecule has 2 aromatic rings. The van der Waals surface area contributed by atoms with Crippen LogP contribution in [0.2, 0.25) is 0 Å². The second-order valence-corrected chi connectivity index (χ2v) is 4.67. The van der Waals surface area contributed by atoms with Crippen LogP contribution >= 0.6 is 0 Å². The zero-order valence-electron chi connectivity index (χ0n) is 11.0. The van der Waals surface area contributed by atoms with Gasteiger partial charge in [-0.25, -0.2) is 0 Å². The normalized spacial score (nSPS) is 11.2. The average molecular weight is 246 g/mol. The number of aliphatic hydroxyl groups is 1. The molecule has 0 saturated carbocycles. The predicted molar refractivity (Wildman–Crippen MR) is 75.6 cm³/mol. The van der Waals surface area contributed by atoms with Crippen molar-refractivity contribution in [1.29, 1.82) is 0 Å². The maximum atomic E-state index is 8.78. The summed E-state index contributed by atoms with van der Waals surface area (Å²) in [5.74, 6) is 0. The third-order valence-corrected chi connectivity index (χ3v) is 3.33. The molecule has 0 radical (unpaired) electrons. The molecule has 1 aromatic heterocycles. The average Bonchev–Trinajstić information content (AvgIpc) is 2.80. The van der Waals surface area contributed by atoms with Gasteiger partial charge < -0.3 is 15.0 Å². The molecule has 3 heteroatoms. The van der Waals surface area contributed by atoms with Gasteiger partial charge in [-0.15, -0.1) is 0 Å². The number of aryl methyl sites for hydroxylation is 1. The Balaban J connectivity index is 2.12. The highest BCUT2D eigenvalue weighted by atomic mass is 16.2. The Labute approximate surface area is 108 Å². The van der Waals surface area contributed by atoms with E-state index in [0.29, 0.717) is 6.61 Å². The summed E-state index contributed by atoms with van der Waals surface area (Å²) in [6.45, 7) is 2.25. The minimum atomic E-state index is 0.304. The quantitative estimate of drug-likeness (QED) is 0.737. The summed E-state index contributed by atoms with van der Waals surface area (Å²) in [7, 11) is 1.98. The van der Waals surface area contributed by atoms with Crippen molar-refractivity contribution >= 4 is 10.9 Å². The van der Waals surface area contributed by atoms with E-state index in [0.717, 1.165) is 32.4 Å². The van der Waals surface area contributed by atoms with Crippen LogP contribution in [0.25, 0.3) is 10.9 Å². The highest BCUT2D eigenvalue weighted by Crippen LogP contribution is 2.20. The third kappa shape index (κ3) is 2.92. The second-order valence-electron chi connectivity index (χ2n) is 4.67. The summed E-state index contributed by atoms with van der Waals surface area (Å²) in [5.41, 5.74) is 2.66. The zero-order chi connectivity index (χ0) is 12.8. The van der Waals surface area contributed by atoms with Crippen LogP contribution in [-0.2, 0) is 13.1 Å². The molecule has 0 aliphatic heterocycles. The van der Waals surface area contributed by atoms with Crippen LogP contribution in [-0.4, -0.2) is 23.3 Å². The maximum Gasteiger partial charge on any atom is 0.0483 e. The Morgan fingerprint density at radius 1 is 1.17 bits per heavy atom. The van der Waals surface area contributed by atoms with Crippen molar-refractivity contribution in [3.8, 4) is 0 Å². The van der Waals surface area contributed by atoms with Gasteiger partial charge in [-0.1, -0.05) is 12.1 Å². The minimum absolute atomic E-state index is 0.304. The van der Waals surface area contributed by atoms with Gasteiger partial charge in [0.25, 0.3) is 0 Å². The molecule has 0 bridgehead atoms. The fourth-order valence-electron chi connectivity index (χ4n) is 2.40. The molecule has 2 rings (SSSR count). The van der Waals surface area contributed by atoms with Gasteiger partial charge in [0.15, 0.2) is 0 Å². The molecule has 0 unspecified atom stereocenters. The molecule has 98 valence electrons. The van der Waals surface area contributed by atoms with Gasteiger partial charge in [0, 0.05) is 36.8 Å². The maximum absolute atomic E-state index is 8.78. The third-order valence-electron chi connectivity index (χ3n) is 3.33. The molecule has 18 heavy (non-hydrogen) atoms. The van der Waals surface area contributed by atoms with Crippen molar-refractivity contribution in [2.75, 3.05) is 13.7 Å². The molecule has 1 heterocycles. The van der Waals surface area contributed by atoms with Crippen LogP contribution in [0, 0.1) is 0 Å². The fraction of sp³-hybridized carbons (Fsp3) is 0.467. The molecule has 0 saturated heterocycles. The van der Waals surface area contributed by atoms with Crippen molar-refractivity contribution in [2.24, 2.45) is 0 Å². The van der Waals surface area contributed by atoms with E-state index in [2.05, 4.69) is 40.3 Å². The second kappa shape index (κ2) is 6.57. The van der Waals surface area contributed by atoms with Crippen molar-refractivity contribution < 1.29 is 5.11 Å². The summed E-state index contributed by atoms with van der Waals surface area (Å²) in [5, 5.41) is 13.3. The molecule has 0 fully saturated rings. The number of nitrogens with zero attached hydrogens (tertiary/aromatic N) is 1. The number of aromatic nitrogens is 1. The minimum Gasteiger partial charge on any atom is -0.396 e. The first-order valence-electron chi connectivity index (χ1n) is 6.69. The van der Waals surface area contributed by atoms with E-state index in [9.17, 15) is 0 Å². The molecule has 0 aliphatic carbocycles. The molecule has 3 nitrogen and oxygen atoms in total. The number of fused-ring (bicyclic) bond motifs is 1. The Bertz CT molecular complexity index is 490.